The number of amides is 2. The van der Waals surface area contributed by atoms with Crippen molar-refractivity contribution in [3.63, 3.8) is 0 Å². The molecule has 0 bridgehead atoms. The molecule has 1 saturated heterocycles. The Labute approximate surface area is 171 Å². The Kier molecular flexibility index (Phi) is 5.18. The predicted molar refractivity (Wildman–Crippen MR) is 107 cm³/mol. The number of halogens is 2. The zero-order valence-electron chi connectivity index (χ0n) is 15.8. The monoisotopic (exact) mass is 408 g/mol. The summed E-state index contributed by atoms with van der Waals surface area (Å²) in [6, 6.07) is 16.1. The molecule has 0 radical (unpaired) electrons. The van der Waals surface area contributed by atoms with Gasteiger partial charge in [0.25, 0.3) is 5.91 Å². The largest absolute Gasteiger partial charge is 0.508 e. The van der Waals surface area contributed by atoms with Gasteiger partial charge in [0.1, 0.15) is 23.4 Å². The highest BCUT2D eigenvalue weighted by Crippen LogP contribution is 2.39. The smallest absolute Gasteiger partial charge is 0.252 e. The summed E-state index contributed by atoms with van der Waals surface area (Å²) < 4.78 is 26.4. The lowest BCUT2D eigenvalue weighted by Gasteiger charge is -2.47. The second-order valence-electron chi connectivity index (χ2n) is 7.07. The third kappa shape index (κ3) is 3.87. The second kappa shape index (κ2) is 7.94. The van der Waals surface area contributed by atoms with Gasteiger partial charge in [-0.25, -0.2) is 8.78 Å². The first-order chi connectivity index (χ1) is 14.4. The number of nitrogens with zero attached hydrogens (tertiary/aromatic N) is 1. The normalized spacial score (nSPS) is 18.1. The lowest BCUT2D eigenvalue weighted by atomic mass is 9.87. The molecule has 152 valence electrons. The zero-order valence-corrected chi connectivity index (χ0v) is 15.8. The van der Waals surface area contributed by atoms with Crippen molar-refractivity contribution >= 4 is 17.5 Å². The molecule has 0 aliphatic carbocycles. The minimum absolute atomic E-state index is 0.00288. The van der Waals surface area contributed by atoms with Crippen LogP contribution in [0, 0.1) is 11.6 Å². The van der Waals surface area contributed by atoms with E-state index in [9.17, 15) is 23.5 Å². The van der Waals surface area contributed by atoms with E-state index in [-0.39, 0.29) is 24.0 Å². The molecule has 0 aromatic heterocycles. The van der Waals surface area contributed by atoms with Crippen LogP contribution in [-0.4, -0.2) is 23.0 Å². The van der Waals surface area contributed by atoms with Gasteiger partial charge in [-0.05, 0) is 59.7 Å². The molecular formula is C23H18F2N2O3. The number of phenolic OH excluding ortho intramolecular Hbond substituents is 1. The van der Waals surface area contributed by atoms with Gasteiger partial charge in [0, 0.05) is 5.69 Å². The summed E-state index contributed by atoms with van der Waals surface area (Å²) >= 11 is 0. The van der Waals surface area contributed by atoms with E-state index < -0.39 is 23.7 Å². The number of hydrogen-bond acceptors (Lipinski definition) is 3. The van der Waals surface area contributed by atoms with E-state index in [1.54, 1.807) is 12.1 Å². The van der Waals surface area contributed by atoms with Crippen molar-refractivity contribution < 1.29 is 23.5 Å². The fourth-order valence-corrected chi connectivity index (χ4v) is 3.54. The third-order valence-electron chi connectivity index (χ3n) is 5.03. The zero-order chi connectivity index (χ0) is 21.3. The fraction of sp³-hybridized carbons (Fsp3) is 0.130. The van der Waals surface area contributed by atoms with E-state index in [1.807, 2.05) is 0 Å². The van der Waals surface area contributed by atoms with Crippen LogP contribution in [0.15, 0.2) is 72.8 Å². The molecule has 0 spiro atoms. The number of phenols is 1. The van der Waals surface area contributed by atoms with Gasteiger partial charge in [-0.15, -0.1) is 0 Å². The van der Waals surface area contributed by atoms with E-state index >= 15 is 0 Å². The van der Waals surface area contributed by atoms with Crippen LogP contribution in [0.3, 0.4) is 0 Å². The number of benzene rings is 3. The number of rotatable bonds is 5. The van der Waals surface area contributed by atoms with Gasteiger partial charge in [0.2, 0.25) is 5.91 Å². The van der Waals surface area contributed by atoms with E-state index in [4.69, 9.17) is 0 Å². The van der Waals surface area contributed by atoms with Crippen LogP contribution < -0.4 is 10.2 Å². The highest BCUT2D eigenvalue weighted by molar-refractivity contribution is 6.07. The lowest BCUT2D eigenvalue weighted by molar-refractivity contribution is -0.132. The van der Waals surface area contributed by atoms with Gasteiger partial charge in [-0.1, -0.05) is 24.3 Å². The molecule has 3 aromatic carbocycles. The van der Waals surface area contributed by atoms with E-state index in [1.165, 1.54) is 65.6 Å². The van der Waals surface area contributed by atoms with Crippen LogP contribution in [0.4, 0.5) is 14.5 Å². The summed E-state index contributed by atoms with van der Waals surface area (Å²) in [5.74, 6) is -1.43. The summed E-state index contributed by atoms with van der Waals surface area (Å²) in [5, 5.41) is 12.3. The topological polar surface area (TPSA) is 69.6 Å². The maximum atomic E-state index is 13.3. The molecule has 1 fully saturated rings. The first-order valence-corrected chi connectivity index (χ1v) is 9.34. The first kappa shape index (κ1) is 19.6. The molecule has 2 N–H and O–H groups in total. The highest BCUT2D eigenvalue weighted by atomic mass is 19.1. The Hall–Kier alpha value is -3.74. The molecule has 4 rings (SSSR count). The molecule has 2 atom stereocenters. The van der Waals surface area contributed by atoms with Crippen molar-refractivity contribution in [2.24, 2.45) is 0 Å². The van der Waals surface area contributed by atoms with Crippen LogP contribution >= 0.6 is 0 Å². The van der Waals surface area contributed by atoms with E-state index in [2.05, 4.69) is 5.32 Å². The van der Waals surface area contributed by atoms with Crippen molar-refractivity contribution in [3.8, 4) is 5.75 Å². The van der Waals surface area contributed by atoms with Crippen LogP contribution in [-0.2, 0) is 16.0 Å². The van der Waals surface area contributed by atoms with Crippen molar-refractivity contribution in [2.45, 2.75) is 18.5 Å². The molecule has 1 heterocycles. The molecule has 1 aliphatic heterocycles. The van der Waals surface area contributed by atoms with Crippen molar-refractivity contribution in [2.75, 3.05) is 4.90 Å². The molecule has 5 nitrogen and oxygen atoms in total. The minimum Gasteiger partial charge on any atom is -0.508 e. The summed E-state index contributed by atoms with van der Waals surface area (Å²) in [4.78, 5) is 26.8. The van der Waals surface area contributed by atoms with Gasteiger partial charge in [0.15, 0.2) is 0 Å². The van der Waals surface area contributed by atoms with Crippen LogP contribution in [0.5, 0.6) is 5.75 Å². The van der Waals surface area contributed by atoms with Crippen LogP contribution in [0.25, 0.3) is 0 Å². The fourth-order valence-electron chi connectivity index (χ4n) is 3.54. The number of anilines is 1. The molecular weight excluding hydrogens is 390 g/mol. The van der Waals surface area contributed by atoms with Gasteiger partial charge in [-0.2, -0.15) is 0 Å². The summed E-state index contributed by atoms with van der Waals surface area (Å²) in [5.41, 5.74) is 1.84. The molecule has 0 unspecified atom stereocenters. The number of carbonyl (C=O) groups is 2. The van der Waals surface area contributed by atoms with E-state index in [0.29, 0.717) is 16.8 Å². The van der Waals surface area contributed by atoms with Crippen molar-refractivity contribution in [1.82, 2.24) is 5.32 Å². The first-order valence-electron chi connectivity index (χ1n) is 9.34. The number of aromatic hydroxyl groups is 1. The molecule has 0 saturated carbocycles. The molecule has 1 aliphatic rings. The minimum atomic E-state index is -0.812. The Morgan fingerprint density at radius 3 is 2.07 bits per heavy atom. The predicted octanol–water partition coefficient (Wildman–Crippen LogP) is 3.49. The summed E-state index contributed by atoms with van der Waals surface area (Å²) in [6.45, 7) is 0. The standard InChI is InChI=1S/C23H18F2N2O3/c24-16-5-1-14(2-6-16)13-20(29)26-21-22(15-3-11-19(28)12-4-15)27(23(21)30)18-9-7-17(25)8-10-18/h1-12,21-22,28H,13H2,(H,26,29)/t21-,22+/m1/s1. The lowest BCUT2D eigenvalue weighted by Crippen LogP contribution is -2.66. The van der Waals surface area contributed by atoms with Gasteiger partial charge in [0.05, 0.1) is 12.5 Å². The van der Waals surface area contributed by atoms with Crippen LogP contribution in [0.2, 0.25) is 0 Å². The Balaban J connectivity index is 1.57. The van der Waals surface area contributed by atoms with Gasteiger partial charge < -0.3 is 15.3 Å². The quantitative estimate of drug-likeness (QED) is 0.635. The highest BCUT2D eigenvalue weighted by Gasteiger charge is 2.49. The summed E-state index contributed by atoms with van der Waals surface area (Å²) in [6.07, 6.45) is 0.00288. The molecule has 7 heteroatoms. The number of β-lactam (4-membered cyclic amide) rings is 1. The Bertz CT molecular complexity index is 1070. The summed E-state index contributed by atoms with van der Waals surface area (Å²) in [7, 11) is 0. The number of nitrogens with one attached hydrogen (secondary N) is 1. The van der Waals surface area contributed by atoms with E-state index in [0.717, 1.165) is 0 Å². The van der Waals surface area contributed by atoms with Crippen LogP contribution in [0.1, 0.15) is 17.2 Å². The Morgan fingerprint density at radius 2 is 1.47 bits per heavy atom. The third-order valence-corrected chi connectivity index (χ3v) is 5.03. The van der Waals surface area contributed by atoms with Crippen molar-refractivity contribution in [3.05, 3.63) is 95.6 Å². The number of carbonyl (C=O) groups excluding carboxylic acids is 2. The van der Waals surface area contributed by atoms with Gasteiger partial charge in [-0.3, -0.25) is 9.59 Å². The van der Waals surface area contributed by atoms with Crippen molar-refractivity contribution in [1.29, 1.82) is 0 Å². The average molecular weight is 408 g/mol. The maximum absolute atomic E-state index is 13.3. The SMILES string of the molecule is O=C(Cc1ccc(F)cc1)N[C@H]1C(=O)N(c2ccc(F)cc2)[C@H]1c1ccc(O)cc1. The maximum Gasteiger partial charge on any atom is 0.252 e. The number of hydrogen-bond donors (Lipinski definition) is 2. The average Bonchev–Trinajstić information content (AvgIpc) is 2.74. The molecule has 2 amide bonds. The molecule has 3 aromatic rings. The van der Waals surface area contributed by atoms with Gasteiger partial charge >= 0.3 is 0 Å². The second-order valence-corrected chi connectivity index (χ2v) is 7.07. The molecule has 30 heavy (non-hydrogen) atoms. The Morgan fingerprint density at radius 1 is 0.900 bits per heavy atom.